The summed E-state index contributed by atoms with van der Waals surface area (Å²) in [5.41, 5.74) is 0. The van der Waals surface area contributed by atoms with E-state index in [1.807, 2.05) is 0 Å². The molecule has 0 aromatic rings. The van der Waals surface area contributed by atoms with E-state index in [4.69, 9.17) is 0 Å². The van der Waals surface area contributed by atoms with E-state index in [0.717, 1.165) is 6.26 Å². The second-order valence-electron chi connectivity index (χ2n) is 1.82. The lowest BCUT2D eigenvalue weighted by atomic mass is 10.7. The van der Waals surface area contributed by atoms with E-state index in [9.17, 15) is 13.2 Å². The minimum Gasteiger partial charge on any atom is -0.357 e. The van der Waals surface area contributed by atoms with Crippen molar-refractivity contribution in [3.63, 3.8) is 0 Å². The van der Waals surface area contributed by atoms with Crippen LogP contribution in [0.2, 0.25) is 0 Å². The number of carbonyl (C=O) groups excluding carboxylic acids is 1. The SMILES string of the molecule is CNC(=O)CONS(C)(=O)=O. The van der Waals surface area contributed by atoms with Gasteiger partial charge in [-0.25, -0.2) is 8.42 Å². The number of rotatable bonds is 4. The fraction of sp³-hybridized carbons (Fsp3) is 0.750. The molecule has 0 aromatic carbocycles. The third-order valence-electron chi connectivity index (χ3n) is 0.692. The van der Waals surface area contributed by atoms with Crippen molar-refractivity contribution in [2.45, 2.75) is 0 Å². The van der Waals surface area contributed by atoms with Gasteiger partial charge in [0.05, 0.1) is 6.26 Å². The highest BCUT2D eigenvalue weighted by Gasteiger charge is 2.02. The van der Waals surface area contributed by atoms with Crippen molar-refractivity contribution in [1.29, 1.82) is 0 Å². The molecule has 0 aliphatic carbocycles. The Balaban J connectivity index is 3.51. The van der Waals surface area contributed by atoms with Gasteiger partial charge < -0.3 is 5.32 Å². The maximum Gasteiger partial charge on any atom is 0.247 e. The number of likely N-dealkylation sites (N-methyl/N-ethyl adjacent to an activating group) is 1. The molecule has 7 heteroatoms. The predicted octanol–water partition coefficient (Wildman–Crippen LogP) is -1.79. The standard InChI is InChI=1S/C4H10N2O4S/c1-5-4(7)3-10-6-11(2,8)9/h6H,3H2,1-2H3,(H,5,7). The normalized spacial score (nSPS) is 11.1. The Labute approximate surface area is 64.9 Å². The molecule has 0 atom stereocenters. The summed E-state index contributed by atoms with van der Waals surface area (Å²) in [5.74, 6) is -0.402. The van der Waals surface area contributed by atoms with Gasteiger partial charge in [-0.1, -0.05) is 4.89 Å². The first kappa shape index (κ1) is 10.3. The molecule has 0 aromatic heterocycles. The first-order valence-corrected chi connectivity index (χ1v) is 4.64. The van der Waals surface area contributed by atoms with E-state index >= 15 is 0 Å². The fourth-order valence-electron chi connectivity index (χ4n) is 0.274. The summed E-state index contributed by atoms with van der Waals surface area (Å²) >= 11 is 0. The maximum absolute atomic E-state index is 10.4. The fourth-order valence-corrected chi connectivity index (χ4v) is 0.547. The summed E-state index contributed by atoms with van der Waals surface area (Å²) < 4.78 is 20.7. The predicted molar refractivity (Wildman–Crippen MR) is 38.0 cm³/mol. The average Bonchev–Trinajstić information content (AvgIpc) is 1.85. The van der Waals surface area contributed by atoms with E-state index in [2.05, 4.69) is 10.2 Å². The molecule has 0 rings (SSSR count). The lowest BCUT2D eigenvalue weighted by molar-refractivity contribution is -0.126. The van der Waals surface area contributed by atoms with Crippen LogP contribution in [0.4, 0.5) is 0 Å². The topological polar surface area (TPSA) is 84.5 Å². The summed E-state index contributed by atoms with van der Waals surface area (Å²) in [7, 11) is -1.96. The van der Waals surface area contributed by atoms with Crippen LogP contribution in [0.1, 0.15) is 0 Å². The summed E-state index contributed by atoms with van der Waals surface area (Å²) in [6.07, 6.45) is 0.927. The summed E-state index contributed by atoms with van der Waals surface area (Å²) in [6, 6.07) is 0. The second-order valence-corrected chi connectivity index (χ2v) is 3.53. The molecule has 0 spiro atoms. The number of sulfonamides is 1. The molecule has 0 saturated heterocycles. The Morgan fingerprint density at radius 1 is 1.55 bits per heavy atom. The largest absolute Gasteiger partial charge is 0.357 e. The molecule has 2 N–H and O–H groups in total. The van der Waals surface area contributed by atoms with Crippen molar-refractivity contribution in [3.05, 3.63) is 0 Å². The van der Waals surface area contributed by atoms with Crippen LogP contribution in [0, 0.1) is 0 Å². The molecule has 0 bridgehead atoms. The minimum absolute atomic E-state index is 0.330. The number of hydrogen-bond acceptors (Lipinski definition) is 4. The van der Waals surface area contributed by atoms with Gasteiger partial charge in [-0.15, -0.1) is 0 Å². The molecule has 0 aliphatic heterocycles. The molecule has 0 unspecified atom stereocenters. The Bertz CT molecular complexity index is 222. The zero-order valence-corrected chi connectivity index (χ0v) is 7.06. The lowest BCUT2D eigenvalue weighted by Crippen LogP contribution is -2.30. The smallest absolute Gasteiger partial charge is 0.247 e. The highest BCUT2D eigenvalue weighted by molar-refractivity contribution is 7.88. The van der Waals surface area contributed by atoms with Gasteiger partial charge in [0.15, 0.2) is 0 Å². The van der Waals surface area contributed by atoms with Crippen LogP contribution in [0.15, 0.2) is 0 Å². The molecule has 66 valence electrons. The number of nitrogens with one attached hydrogen (secondary N) is 2. The van der Waals surface area contributed by atoms with Gasteiger partial charge in [0.1, 0.15) is 6.61 Å². The summed E-state index contributed by atoms with van der Waals surface area (Å²) in [5, 5.41) is 2.25. The van der Waals surface area contributed by atoms with Gasteiger partial charge in [-0.05, 0) is 0 Å². The van der Waals surface area contributed by atoms with Crippen LogP contribution in [0.25, 0.3) is 0 Å². The van der Waals surface area contributed by atoms with Gasteiger partial charge in [-0.2, -0.15) is 0 Å². The Morgan fingerprint density at radius 2 is 2.09 bits per heavy atom. The quantitative estimate of drug-likeness (QED) is 0.503. The summed E-state index contributed by atoms with van der Waals surface area (Å²) in [4.78, 5) is 16.4. The molecule has 11 heavy (non-hydrogen) atoms. The van der Waals surface area contributed by atoms with Crippen molar-refractivity contribution < 1.29 is 18.0 Å². The highest BCUT2D eigenvalue weighted by atomic mass is 32.2. The van der Waals surface area contributed by atoms with Crippen molar-refractivity contribution in [2.24, 2.45) is 0 Å². The Morgan fingerprint density at radius 3 is 2.45 bits per heavy atom. The van der Waals surface area contributed by atoms with Gasteiger partial charge in [0.25, 0.3) is 0 Å². The van der Waals surface area contributed by atoms with Gasteiger partial charge in [0, 0.05) is 7.05 Å². The van der Waals surface area contributed by atoms with Crippen LogP contribution in [0.3, 0.4) is 0 Å². The van der Waals surface area contributed by atoms with Crippen molar-refractivity contribution in [3.8, 4) is 0 Å². The molecule has 1 amide bonds. The molecule has 0 heterocycles. The second kappa shape index (κ2) is 4.27. The van der Waals surface area contributed by atoms with Crippen LogP contribution in [-0.4, -0.2) is 34.2 Å². The zero-order chi connectivity index (χ0) is 8.91. The third-order valence-corrected chi connectivity index (χ3v) is 1.11. The van der Waals surface area contributed by atoms with Gasteiger partial charge in [0.2, 0.25) is 15.9 Å². The van der Waals surface area contributed by atoms with Crippen LogP contribution >= 0.6 is 0 Å². The molecule has 0 saturated carbocycles. The first-order chi connectivity index (χ1) is 4.95. The summed E-state index contributed by atoms with van der Waals surface area (Å²) in [6.45, 7) is -0.330. The highest BCUT2D eigenvalue weighted by Crippen LogP contribution is 1.74. The molecular formula is C4H10N2O4S. The Hall–Kier alpha value is -0.660. The zero-order valence-electron chi connectivity index (χ0n) is 6.25. The van der Waals surface area contributed by atoms with E-state index in [1.54, 1.807) is 4.89 Å². The van der Waals surface area contributed by atoms with E-state index in [0.29, 0.717) is 0 Å². The van der Waals surface area contributed by atoms with Crippen LogP contribution in [-0.2, 0) is 19.7 Å². The van der Waals surface area contributed by atoms with E-state index in [-0.39, 0.29) is 6.61 Å². The number of amides is 1. The molecule has 0 aliphatic rings. The number of carbonyl (C=O) groups is 1. The lowest BCUT2D eigenvalue weighted by Gasteiger charge is -2.01. The number of hydrogen-bond donors (Lipinski definition) is 2. The molecule has 0 radical (unpaired) electrons. The maximum atomic E-state index is 10.4. The monoisotopic (exact) mass is 182 g/mol. The third kappa shape index (κ3) is 7.23. The Kier molecular flexibility index (Phi) is 4.01. The van der Waals surface area contributed by atoms with Crippen molar-refractivity contribution in [1.82, 2.24) is 10.2 Å². The first-order valence-electron chi connectivity index (χ1n) is 2.75. The van der Waals surface area contributed by atoms with Gasteiger partial charge in [-0.3, -0.25) is 9.63 Å². The molecular weight excluding hydrogens is 172 g/mol. The van der Waals surface area contributed by atoms with E-state index < -0.39 is 15.9 Å². The van der Waals surface area contributed by atoms with Crippen LogP contribution < -0.4 is 10.2 Å². The van der Waals surface area contributed by atoms with E-state index in [1.165, 1.54) is 7.05 Å². The average molecular weight is 182 g/mol. The van der Waals surface area contributed by atoms with Crippen molar-refractivity contribution >= 4 is 15.9 Å². The van der Waals surface area contributed by atoms with Gasteiger partial charge >= 0.3 is 0 Å². The van der Waals surface area contributed by atoms with Crippen LogP contribution in [0.5, 0.6) is 0 Å². The van der Waals surface area contributed by atoms with Crippen molar-refractivity contribution in [2.75, 3.05) is 19.9 Å². The minimum atomic E-state index is -3.38. The molecule has 6 nitrogen and oxygen atoms in total. The molecule has 0 fully saturated rings.